The SMILES string of the molecule is CC(C)Nc1cc(C(C)C)cc2cccnc12.CC(C)Nc1cc(C(C)C)cc2ccncc12.CC(C)Nc1cc(C(C)C)cc2cnccc12.CC(C)Nc1cc(C(C)C)cc2cncnc12.CC(C)Nc1cc(C(C)C)cc2nccnc12.CC(C)Nc1cc(C(C)C)cc2ncncc12. The number of hydrogen-bond acceptors (Lipinski definition) is 15. The first-order chi connectivity index (χ1) is 48.5. The van der Waals surface area contributed by atoms with Gasteiger partial charge in [-0.15, -0.1) is 0 Å². The Labute approximate surface area is 609 Å². The van der Waals surface area contributed by atoms with Crippen molar-refractivity contribution in [2.45, 2.75) is 238 Å². The Morgan fingerprint density at radius 3 is 1.11 bits per heavy atom. The number of anilines is 6. The van der Waals surface area contributed by atoms with Crippen LogP contribution in [0.15, 0.2) is 165 Å². The minimum atomic E-state index is 0.391. The van der Waals surface area contributed by atoms with Gasteiger partial charge in [-0.25, -0.2) is 19.9 Å². The summed E-state index contributed by atoms with van der Waals surface area (Å²) in [6.45, 7) is 52.2. The molecule has 0 aliphatic rings. The Kier molecular flexibility index (Phi) is 29.6. The molecule has 15 nitrogen and oxygen atoms in total. The maximum atomic E-state index is 4.47. The molecule has 0 saturated carbocycles. The zero-order valence-corrected chi connectivity index (χ0v) is 65.5. The van der Waals surface area contributed by atoms with Crippen molar-refractivity contribution < 1.29 is 0 Å². The Morgan fingerprint density at radius 1 is 0.235 bits per heavy atom. The maximum Gasteiger partial charge on any atom is 0.116 e. The fourth-order valence-corrected chi connectivity index (χ4v) is 11.6. The van der Waals surface area contributed by atoms with E-state index in [1.165, 1.54) is 71.7 Å². The molecule has 0 amide bonds. The van der Waals surface area contributed by atoms with Crippen molar-refractivity contribution in [2.75, 3.05) is 31.9 Å². The normalized spacial score (nSPS) is 11.4. The van der Waals surface area contributed by atoms with Crippen LogP contribution in [-0.2, 0) is 0 Å². The predicted octanol–water partition coefficient (Wildman–Crippen LogP) is 23.3. The second-order valence-electron chi connectivity index (χ2n) is 30.2. The van der Waals surface area contributed by atoms with Crippen molar-refractivity contribution in [3.63, 3.8) is 0 Å². The maximum absolute atomic E-state index is 4.47. The summed E-state index contributed by atoms with van der Waals surface area (Å²) in [7, 11) is 0. The van der Waals surface area contributed by atoms with Gasteiger partial charge < -0.3 is 31.9 Å². The van der Waals surface area contributed by atoms with Gasteiger partial charge in [0.25, 0.3) is 0 Å². The molecule has 12 aromatic rings. The molecular formula is C87H117N15. The molecule has 0 atom stereocenters. The molecule has 0 fully saturated rings. The van der Waals surface area contributed by atoms with Crippen LogP contribution in [0.3, 0.4) is 0 Å². The minimum Gasteiger partial charge on any atom is -0.382 e. The van der Waals surface area contributed by atoms with Gasteiger partial charge in [0.2, 0.25) is 0 Å². The standard InChI is InChI=1S/3C15H20N2.3C14H19N3/c1-10(2)12-7-13-9-16-6-5-14(13)15(8-12)17-11(3)4;1-10(2)13-7-12-5-6-16-9-14(12)15(8-13)17-11(3)4;1-10(2)13-8-12-6-5-7-16-15(12)14(9-13)17-11(3)4;1-9(2)11-5-13-12(7-15-8-16-13)14(6-11)17-10(3)4;1-9(2)11-5-12-7-15-8-16-14(12)13(6-11)17-10(3)4;1-9(2)11-7-12-14(16-6-5-15-12)13(8-11)17-10(3)4/h3*5-11,17H,1-4H3;3*5-10,17H,1-4H3. The third kappa shape index (κ3) is 23.2. The lowest BCUT2D eigenvalue weighted by Crippen LogP contribution is -2.11. The molecule has 0 bridgehead atoms. The number of hydrogen-bond donors (Lipinski definition) is 6. The van der Waals surface area contributed by atoms with E-state index in [1.54, 1.807) is 25.0 Å². The summed E-state index contributed by atoms with van der Waals surface area (Å²) in [5.41, 5.74) is 19.8. The number of benzene rings is 6. The van der Waals surface area contributed by atoms with Gasteiger partial charge >= 0.3 is 0 Å². The summed E-state index contributed by atoms with van der Waals surface area (Å²) in [4.78, 5) is 38.6. The zero-order chi connectivity index (χ0) is 74.5. The molecule has 102 heavy (non-hydrogen) atoms. The van der Waals surface area contributed by atoms with Gasteiger partial charge in [-0.1, -0.05) is 95.2 Å². The van der Waals surface area contributed by atoms with E-state index in [0.717, 1.165) is 61.1 Å². The average molecular weight is 1370 g/mol. The van der Waals surface area contributed by atoms with Crippen molar-refractivity contribution in [1.82, 2.24) is 44.9 Å². The first kappa shape index (κ1) is 79.7. The fraction of sp³-hybridized carbons (Fsp3) is 0.414. The molecule has 0 spiro atoms. The first-order valence-electron chi connectivity index (χ1n) is 36.9. The van der Waals surface area contributed by atoms with Gasteiger partial charge in [0.05, 0.1) is 39.1 Å². The quantitative estimate of drug-likeness (QED) is 0.0476. The van der Waals surface area contributed by atoms with Gasteiger partial charge in [0.1, 0.15) is 18.2 Å². The largest absolute Gasteiger partial charge is 0.382 e. The predicted molar refractivity (Wildman–Crippen MR) is 441 cm³/mol. The molecule has 12 rings (SSSR count). The second-order valence-corrected chi connectivity index (χ2v) is 30.2. The second kappa shape index (κ2) is 37.9. The zero-order valence-electron chi connectivity index (χ0n) is 65.5. The van der Waals surface area contributed by atoms with Crippen LogP contribution >= 0.6 is 0 Å². The van der Waals surface area contributed by atoms with Crippen LogP contribution in [0.2, 0.25) is 0 Å². The van der Waals surface area contributed by atoms with Gasteiger partial charge in [-0.05, 0) is 242 Å². The van der Waals surface area contributed by atoms with Crippen LogP contribution in [-0.4, -0.2) is 81.1 Å². The van der Waals surface area contributed by atoms with Crippen molar-refractivity contribution in [1.29, 1.82) is 0 Å². The monoisotopic (exact) mass is 1370 g/mol. The van der Waals surface area contributed by atoms with E-state index in [-0.39, 0.29) is 0 Å². The third-order valence-corrected chi connectivity index (χ3v) is 16.8. The Balaban J connectivity index is 0.000000172. The van der Waals surface area contributed by atoms with Gasteiger partial charge in [0.15, 0.2) is 0 Å². The summed E-state index contributed by atoms with van der Waals surface area (Å²) >= 11 is 0. The number of nitrogens with zero attached hydrogens (tertiary/aromatic N) is 9. The Morgan fingerprint density at radius 2 is 0.588 bits per heavy atom. The van der Waals surface area contributed by atoms with Gasteiger partial charge in [-0.2, -0.15) is 0 Å². The fourth-order valence-electron chi connectivity index (χ4n) is 11.6. The van der Waals surface area contributed by atoms with Crippen molar-refractivity contribution in [3.05, 3.63) is 199 Å². The molecule has 0 unspecified atom stereocenters. The van der Waals surface area contributed by atoms with Crippen molar-refractivity contribution in [2.24, 2.45) is 0 Å². The summed E-state index contributed by atoms with van der Waals surface area (Å²) in [6, 6.07) is 37.2. The summed E-state index contributed by atoms with van der Waals surface area (Å²) in [6.07, 6.45) is 19.9. The molecule has 540 valence electrons. The Hall–Kier alpha value is -9.63. The number of nitrogens with one attached hydrogen (secondary N) is 6. The molecule has 6 aromatic carbocycles. The highest BCUT2D eigenvalue weighted by molar-refractivity contribution is 5.96. The molecule has 0 aliphatic heterocycles. The lowest BCUT2D eigenvalue weighted by atomic mass is 9.98. The minimum absolute atomic E-state index is 0.391. The molecule has 0 aliphatic carbocycles. The lowest BCUT2D eigenvalue weighted by Gasteiger charge is -2.16. The van der Waals surface area contributed by atoms with E-state index in [2.05, 4.69) is 334 Å². The molecular weight excluding hydrogens is 1260 g/mol. The lowest BCUT2D eigenvalue weighted by molar-refractivity contribution is 0.863. The van der Waals surface area contributed by atoms with E-state index in [1.807, 2.05) is 49.4 Å². The summed E-state index contributed by atoms with van der Waals surface area (Å²) in [5.74, 6) is 3.11. The van der Waals surface area contributed by atoms with E-state index in [9.17, 15) is 0 Å². The Bertz CT molecular complexity index is 3850. The van der Waals surface area contributed by atoms with Crippen LogP contribution in [0, 0.1) is 0 Å². The first-order valence-corrected chi connectivity index (χ1v) is 36.9. The van der Waals surface area contributed by atoms with E-state index in [0.29, 0.717) is 71.8 Å². The van der Waals surface area contributed by atoms with Crippen LogP contribution in [0.1, 0.15) is 235 Å². The van der Waals surface area contributed by atoms with Crippen LogP contribution in [0.25, 0.3) is 65.3 Å². The number of rotatable bonds is 18. The molecule has 15 heteroatoms. The van der Waals surface area contributed by atoms with Crippen molar-refractivity contribution >= 4 is 99.4 Å². The molecule has 6 heterocycles. The van der Waals surface area contributed by atoms with Crippen molar-refractivity contribution in [3.8, 4) is 0 Å². The van der Waals surface area contributed by atoms with Crippen LogP contribution in [0.5, 0.6) is 0 Å². The van der Waals surface area contributed by atoms with Crippen LogP contribution < -0.4 is 31.9 Å². The highest BCUT2D eigenvalue weighted by Gasteiger charge is 2.15. The third-order valence-electron chi connectivity index (χ3n) is 16.8. The highest BCUT2D eigenvalue weighted by atomic mass is 15.0. The number of pyridine rings is 3. The van der Waals surface area contributed by atoms with Gasteiger partial charge in [-0.3, -0.25) is 24.9 Å². The molecule has 6 N–H and O–H groups in total. The summed E-state index contributed by atoms with van der Waals surface area (Å²) in [5, 5.41) is 29.2. The van der Waals surface area contributed by atoms with E-state index >= 15 is 0 Å². The number of fused-ring (bicyclic) bond motifs is 6. The number of aromatic nitrogens is 9. The average Bonchev–Trinajstić information content (AvgIpc) is 0.852. The van der Waals surface area contributed by atoms with E-state index in [4.69, 9.17) is 0 Å². The highest BCUT2D eigenvalue weighted by Crippen LogP contribution is 2.34. The van der Waals surface area contributed by atoms with Crippen LogP contribution in [0.4, 0.5) is 34.1 Å². The smallest absolute Gasteiger partial charge is 0.116 e. The van der Waals surface area contributed by atoms with Gasteiger partial charge in [0, 0.05) is 141 Å². The molecule has 0 radical (unpaired) electrons. The topological polar surface area (TPSA) is 188 Å². The molecule has 6 aromatic heterocycles. The molecule has 0 saturated heterocycles. The summed E-state index contributed by atoms with van der Waals surface area (Å²) < 4.78 is 0. The van der Waals surface area contributed by atoms with E-state index < -0.39 is 0 Å².